The fourth-order valence-electron chi connectivity index (χ4n) is 2.80. The fraction of sp³-hybridized carbons (Fsp3) is 0.0952. The minimum absolute atomic E-state index is 0.240. The number of aryl methyl sites for hydroxylation is 1. The Bertz CT molecular complexity index is 1140. The predicted molar refractivity (Wildman–Crippen MR) is 112 cm³/mol. The van der Waals surface area contributed by atoms with Crippen molar-refractivity contribution in [2.45, 2.75) is 13.5 Å². The van der Waals surface area contributed by atoms with Crippen LogP contribution >= 0.6 is 11.3 Å². The highest BCUT2D eigenvalue weighted by Crippen LogP contribution is 2.30. The summed E-state index contributed by atoms with van der Waals surface area (Å²) in [5.74, 6) is 1.37. The Morgan fingerprint density at radius 3 is 2.93 bits per heavy atom. The van der Waals surface area contributed by atoms with Crippen molar-refractivity contribution in [2.75, 3.05) is 11.1 Å². The number of aromatic nitrogens is 2. The van der Waals surface area contributed by atoms with Crippen LogP contribution in [-0.2, 0) is 6.61 Å². The molecule has 6 nitrogen and oxygen atoms in total. The maximum atomic E-state index is 12.5. The molecule has 7 heteroatoms. The zero-order valence-electron chi connectivity index (χ0n) is 15.2. The molecule has 0 fully saturated rings. The number of amides is 1. The molecular formula is C21H18N4O2S. The van der Waals surface area contributed by atoms with E-state index >= 15 is 0 Å². The molecule has 1 aromatic carbocycles. The normalized spacial score (nSPS) is 10.8. The van der Waals surface area contributed by atoms with E-state index in [1.165, 1.54) is 0 Å². The predicted octanol–water partition coefficient (Wildman–Crippen LogP) is 4.41. The first-order valence-corrected chi connectivity index (χ1v) is 9.55. The van der Waals surface area contributed by atoms with Gasteiger partial charge in [-0.25, -0.2) is 9.97 Å². The summed E-state index contributed by atoms with van der Waals surface area (Å²) < 4.78 is 6.97. The molecule has 4 rings (SSSR count). The topological polar surface area (TPSA) is 90.1 Å². The number of rotatable bonds is 5. The molecular weight excluding hydrogens is 372 g/mol. The summed E-state index contributed by atoms with van der Waals surface area (Å²) in [6.07, 6.45) is 3.41. The van der Waals surface area contributed by atoms with Crippen molar-refractivity contribution in [2.24, 2.45) is 0 Å². The molecule has 0 bridgehead atoms. The summed E-state index contributed by atoms with van der Waals surface area (Å²) in [7, 11) is 0. The first kappa shape index (κ1) is 17.9. The number of fused-ring (bicyclic) bond motifs is 1. The number of nitrogens with two attached hydrogens (primary N) is 1. The van der Waals surface area contributed by atoms with E-state index in [0.717, 1.165) is 21.2 Å². The number of nitrogen functional groups attached to an aromatic ring is 1. The van der Waals surface area contributed by atoms with Gasteiger partial charge in [-0.1, -0.05) is 12.1 Å². The van der Waals surface area contributed by atoms with E-state index in [4.69, 9.17) is 10.5 Å². The van der Waals surface area contributed by atoms with E-state index < -0.39 is 0 Å². The van der Waals surface area contributed by atoms with Gasteiger partial charge in [0, 0.05) is 33.6 Å². The molecule has 0 radical (unpaired) electrons. The van der Waals surface area contributed by atoms with Crippen LogP contribution in [0.25, 0.3) is 10.1 Å². The van der Waals surface area contributed by atoms with Gasteiger partial charge in [-0.15, -0.1) is 11.3 Å². The maximum absolute atomic E-state index is 12.5. The van der Waals surface area contributed by atoms with Gasteiger partial charge in [-0.2, -0.15) is 0 Å². The van der Waals surface area contributed by atoms with Crippen molar-refractivity contribution in [3.05, 3.63) is 76.9 Å². The van der Waals surface area contributed by atoms with Crippen LogP contribution in [0.15, 0.2) is 60.2 Å². The molecule has 0 saturated heterocycles. The highest BCUT2D eigenvalue weighted by atomic mass is 32.1. The highest BCUT2D eigenvalue weighted by molar-refractivity contribution is 7.17. The van der Waals surface area contributed by atoms with E-state index in [9.17, 15) is 4.79 Å². The molecule has 0 saturated carbocycles. The van der Waals surface area contributed by atoms with Gasteiger partial charge in [-0.3, -0.25) is 4.79 Å². The lowest BCUT2D eigenvalue weighted by molar-refractivity contribution is 0.102. The summed E-state index contributed by atoms with van der Waals surface area (Å²) in [6, 6.07) is 12.6. The van der Waals surface area contributed by atoms with Crippen molar-refractivity contribution in [1.82, 2.24) is 9.97 Å². The van der Waals surface area contributed by atoms with Crippen LogP contribution in [0.2, 0.25) is 0 Å². The van der Waals surface area contributed by atoms with Gasteiger partial charge in [0.2, 0.25) is 0 Å². The number of anilines is 2. The van der Waals surface area contributed by atoms with Gasteiger partial charge in [0.05, 0.1) is 0 Å². The Kier molecular flexibility index (Phi) is 4.90. The summed E-state index contributed by atoms with van der Waals surface area (Å²) in [6.45, 7) is 2.29. The van der Waals surface area contributed by atoms with Crippen LogP contribution in [-0.4, -0.2) is 15.9 Å². The first-order valence-electron chi connectivity index (χ1n) is 8.67. The average molecular weight is 390 g/mol. The second-order valence-corrected chi connectivity index (χ2v) is 7.23. The fourth-order valence-corrected chi connectivity index (χ4v) is 3.75. The van der Waals surface area contributed by atoms with Crippen LogP contribution < -0.4 is 15.8 Å². The Balaban J connectivity index is 1.47. The molecule has 0 atom stereocenters. The van der Waals surface area contributed by atoms with Crippen LogP contribution in [0.1, 0.15) is 21.5 Å². The third-order valence-corrected chi connectivity index (χ3v) is 5.23. The lowest BCUT2D eigenvalue weighted by atomic mass is 10.2. The molecule has 1 amide bonds. The number of nitrogens with one attached hydrogen (secondary N) is 1. The van der Waals surface area contributed by atoms with Crippen LogP contribution in [0, 0.1) is 6.92 Å². The molecule has 0 aliphatic rings. The molecule has 0 aliphatic carbocycles. The smallest absolute Gasteiger partial charge is 0.256 e. The lowest BCUT2D eigenvalue weighted by Crippen LogP contribution is -2.13. The molecule has 0 aliphatic heterocycles. The van der Waals surface area contributed by atoms with Crippen LogP contribution in [0.3, 0.4) is 0 Å². The molecule has 3 aromatic heterocycles. The molecule has 0 unspecified atom stereocenters. The first-order chi connectivity index (χ1) is 13.6. The van der Waals surface area contributed by atoms with Gasteiger partial charge in [0.1, 0.15) is 24.0 Å². The quantitative estimate of drug-likeness (QED) is 0.527. The highest BCUT2D eigenvalue weighted by Gasteiger charge is 2.11. The third-order valence-electron chi connectivity index (χ3n) is 4.23. The number of nitrogens with zero attached hydrogens (tertiary/aromatic N) is 2. The molecule has 3 N–H and O–H groups in total. The second kappa shape index (κ2) is 7.66. The average Bonchev–Trinajstić information content (AvgIpc) is 3.13. The summed E-state index contributed by atoms with van der Waals surface area (Å²) in [5.41, 5.74) is 8.50. The van der Waals surface area contributed by atoms with Crippen molar-refractivity contribution < 1.29 is 9.53 Å². The number of benzene rings is 1. The minimum atomic E-state index is -0.240. The maximum Gasteiger partial charge on any atom is 0.256 e. The third kappa shape index (κ3) is 3.79. The summed E-state index contributed by atoms with van der Waals surface area (Å²) in [5, 5.41) is 5.72. The van der Waals surface area contributed by atoms with Gasteiger partial charge in [0.15, 0.2) is 0 Å². The summed E-state index contributed by atoms with van der Waals surface area (Å²) in [4.78, 5) is 20.8. The van der Waals surface area contributed by atoms with Gasteiger partial charge >= 0.3 is 0 Å². The van der Waals surface area contributed by atoms with Crippen molar-refractivity contribution in [3.63, 3.8) is 0 Å². The number of ether oxygens (including phenoxy) is 1. The lowest BCUT2D eigenvalue weighted by Gasteiger charge is -2.09. The number of hydrogen-bond donors (Lipinski definition) is 2. The zero-order valence-corrected chi connectivity index (χ0v) is 16.0. The largest absolute Gasteiger partial charge is 0.489 e. The number of carbonyl (C=O) groups excluding carboxylic acids is 1. The Morgan fingerprint density at radius 2 is 2.11 bits per heavy atom. The number of pyridine rings is 2. The number of carbonyl (C=O) groups is 1. The molecule has 4 aromatic rings. The molecule has 0 spiro atoms. The summed E-state index contributed by atoms with van der Waals surface area (Å²) >= 11 is 1.60. The van der Waals surface area contributed by atoms with E-state index in [2.05, 4.69) is 15.3 Å². The van der Waals surface area contributed by atoms with Gasteiger partial charge in [0.25, 0.3) is 5.91 Å². The molecule has 140 valence electrons. The minimum Gasteiger partial charge on any atom is -0.489 e. The SMILES string of the molecule is Cc1ccc(NC(=O)c2cccc(OCc3csc4ccnc(N)c34)c2)nc1. The monoisotopic (exact) mass is 390 g/mol. The van der Waals surface area contributed by atoms with Crippen molar-refractivity contribution in [1.29, 1.82) is 0 Å². The van der Waals surface area contributed by atoms with E-state index in [1.807, 2.05) is 30.5 Å². The van der Waals surface area contributed by atoms with Crippen molar-refractivity contribution in [3.8, 4) is 5.75 Å². The van der Waals surface area contributed by atoms with E-state index in [1.54, 1.807) is 48.0 Å². The molecule has 28 heavy (non-hydrogen) atoms. The van der Waals surface area contributed by atoms with Crippen LogP contribution in [0.5, 0.6) is 5.75 Å². The van der Waals surface area contributed by atoms with E-state index in [0.29, 0.717) is 29.6 Å². The number of thiophene rings is 1. The van der Waals surface area contributed by atoms with Crippen LogP contribution in [0.4, 0.5) is 11.6 Å². The zero-order chi connectivity index (χ0) is 19.5. The Morgan fingerprint density at radius 1 is 1.21 bits per heavy atom. The Labute approximate surface area is 166 Å². The molecule has 3 heterocycles. The number of hydrogen-bond acceptors (Lipinski definition) is 6. The van der Waals surface area contributed by atoms with E-state index in [-0.39, 0.29) is 5.91 Å². The van der Waals surface area contributed by atoms with Gasteiger partial charge < -0.3 is 15.8 Å². The Hall–Kier alpha value is -3.45. The second-order valence-electron chi connectivity index (χ2n) is 6.32. The standard InChI is InChI=1S/C21H18N4O2S/c1-13-5-6-18(24-10-13)25-21(26)14-3-2-4-16(9-14)27-11-15-12-28-17-7-8-23-20(22)19(15)17/h2-10,12H,11H2,1H3,(H2,22,23)(H,24,25,26). The van der Waals surface area contributed by atoms with Gasteiger partial charge in [-0.05, 0) is 48.2 Å². The van der Waals surface area contributed by atoms with Crippen molar-refractivity contribution >= 4 is 39.0 Å².